The number of amides is 1. The molecule has 27 heavy (non-hydrogen) atoms. The van der Waals surface area contributed by atoms with E-state index in [9.17, 15) is 19.4 Å². The van der Waals surface area contributed by atoms with Gasteiger partial charge < -0.3 is 25.0 Å². The fourth-order valence-corrected chi connectivity index (χ4v) is 2.53. The number of nitrogens with one attached hydrogen (secondary N) is 1. The first kappa shape index (κ1) is 19.1. The Bertz CT molecular complexity index is 766. The van der Waals surface area contributed by atoms with Crippen LogP contribution in [0.1, 0.15) is 30.1 Å². The molecule has 0 aliphatic heterocycles. The number of aliphatic hydroxyl groups excluding tert-OH is 2. The van der Waals surface area contributed by atoms with Crippen LogP contribution in [0.3, 0.4) is 0 Å². The zero-order chi connectivity index (χ0) is 19.2. The first-order valence-electron chi connectivity index (χ1n) is 8.79. The van der Waals surface area contributed by atoms with Gasteiger partial charge in [0.25, 0.3) is 0 Å². The number of hydrogen-bond acceptors (Lipinski definition) is 5. The number of halogens is 1. The molecule has 0 aromatic heterocycles. The van der Waals surface area contributed by atoms with Crippen molar-refractivity contribution in [1.82, 2.24) is 5.32 Å². The van der Waals surface area contributed by atoms with E-state index in [0.29, 0.717) is 0 Å². The SMILES string of the molecule is O=C(N[C@H](CO)[C@H](O)c1ccc(OC2CC2)c(F)c1)OCc1ccccc1. The van der Waals surface area contributed by atoms with Gasteiger partial charge in [0.05, 0.1) is 18.8 Å². The van der Waals surface area contributed by atoms with E-state index < -0.39 is 30.7 Å². The molecule has 3 rings (SSSR count). The number of aliphatic hydroxyl groups is 2. The Morgan fingerprint density at radius 3 is 2.59 bits per heavy atom. The molecule has 0 saturated heterocycles. The second kappa shape index (κ2) is 8.83. The predicted octanol–water partition coefficient (Wildman–Crippen LogP) is 2.69. The fourth-order valence-electron chi connectivity index (χ4n) is 2.53. The molecule has 0 radical (unpaired) electrons. The maximum atomic E-state index is 14.1. The molecule has 2 atom stereocenters. The third-order valence-corrected chi connectivity index (χ3v) is 4.21. The summed E-state index contributed by atoms with van der Waals surface area (Å²) < 4.78 is 24.6. The van der Waals surface area contributed by atoms with Crippen LogP contribution >= 0.6 is 0 Å². The van der Waals surface area contributed by atoms with Gasteiger partial charge in [0.15, 0.2) is 11.6 Å². The van der Waals surface area contributed by atoms with Gasteiger partial charge in [-0.3, -0.25) is 0 Å². The highest BCUT2D eigenvalue weighted by molar-refractivity contribution is 5.67. The quantitative estimate of drug-likeness (QED) is 0.660. The Labute approximate surface area is 156 Å². The van der Waals surface area contributed by atoms with E-state index in [1.54, 1.807) is 12.1 Å². The molecule has 6 nitrogen and oxygen atoms in total. The lowest BCUT2D eigenvalue weighted by Crippen LogP contribution is -2.42. The highest BCUT2D eigenvalue weighted by atomic mass is 19.1. The van der Waals surface area contributed by atoms with Crippen molar-refractivity contribution in [3.63, 3.8) is 0 Å². The van der Waals surface area contributed by atoms with Crippen LogP contribution in [-0.4, -0.2) is 35.1 Å². The summed E-state index contributed by atoms with van der Waals surface area (Å²) in [5.74, 6) is -0.467. The number of rotatable bonds is 8. The summed E-state index contributed by atoms with van der Waals surface area (Å²) in [5, 5.41) is 22.3. The highest BCUT2D eigenvalue weighted by Gasteiger charge is 2.27. The Morgan fingerprint density at radius 1 is 1.22 bits per heavy atom. The van der Waals surface area contributed by atoms with Crippen molar-refractivity contribution < 1.29 is 28.9 Å². The van der Waals surface area contributed by atoms with E-state index in [1.807, 2.05) is 18.2 Å². The maximum Gasteiger partial charge on any atom is 0.407 e. The zero-order valence-corrected chi connectivity index (χ0v) is 14.7. The fraction of sp³-hybridized carbons (Fsp3) is 0.350. The van der Waals surface area contributed by atoms with Crippen molar-refractivity contribution in [3.8, 4) is 5.75 Å². The molecule has 0 spiro atoms. The van der Waals surface area contributed by atoms with E-state index in [1.165, 1.54) is 12.1 Å². The second-order valence-electron chi connectivity index (χ2n) is 6.45. The Kier molecular flexibility index (Phi) is 6.26. The van der Waals surface area contributed by atoms with Gasteiger partial charge in [-0.2, -0.15) is 0 Å². The van der Waals surface area contributed by atoms with E-state index >= 15 is 0 Å². The molecule has 0 heterocycles. The molecule has 144 valence electrons. The molecular formula is C20H22FNO5. The monoisotopic (exact) mass is 375 g/mol. The Morgan fingerprint density at radius 2 is 1.96 bits per heavy atom. The number of hydrogen-bond donors (Lipinski definition) is 3. The minimum atomic E-state index is -1.30. The van der Waals surface area contributed by atoms with Crippen molar-refractivity contribution in [2.75, 3.05) is 6.61 Å². The van der Waals surface area contributed by atoms with Gasteiger partial charge >= 0.3 is 6.09 Å². The summed E-state index contributed by atoms with van der Waals surface area (Å²) >= 11 is 0. The Hall–Kier alpha value is -2.64. The van der Waals surface area contributed by atoms with Gasteiger partial charge in [0.2, 0.25) is 0 Å². The van der Waals surface area contributed by atoms with Crippen molar-refractivity contribution in [1.29, 1.82) is 0 Å². The lowest BCUT2D eigenvalue weighted by atomic mass is 10.0. The van der Waals surface area contributed by atoms with Crippen molar-refractivity contribution in [2.24, 2.45) is 0 Å². The molecule has 1 saturated carbocycles. The number of alkyl carbamates (subject to hydrolysis) is 1. The van der Waals surface area contributed by atoms with Gasteiger partial charge in [-0.25, -0.2) is 9.18 Å². The molecule has 1 amide bonds. The third-order valence-electron chi connectivity index (χ3n) is 4.21. The lowest BCUT2D eigenvalue weighted by molar-refractivity contribution is 0.0761. The molecule has 1 fully saturated rings. The van der Waals surface area contributed by atoms with Crippen LogP contribution in [0.5, 0.6) is 5.75 Å². The number of ether oxygens (including phenoxy) is 2. The molecule has 7 heteroatoms. The molecule has 0 unspecified atom stereocenters. The minimum Gasteiger partial charge on any atom is -0.487 e. The summed E-state index contributed by atoms with van der Waals surface area (Å²) in [7, 11) is 0. The van der Waals surface area contributed by atoms with E-state index in [0.717, 1.165) is 24.5 Å². The van der Waals surface area contributed by atoms with Crippen molar-refractivity contribution >= 4 is 6.09 Å². The van der Waals surface area contributed by atoms with Gasteiger partial charge in [-0.1, -0.05) is 36.4 Å². The highest BCUT2D eigenvalue weighted by Crippen LogP contribution is 2.30. The van der Waals surface area contributed by atoms with Gasteiger partial charge in [-0.05, 0) is 36.1 Å². The second-order valence-corrected chi connectivity index (χ2v) is 6.45. The molecule has 1 aliphatic carbocycles. The standard InChI is InChI=1S/C20H22FNO5/c21-16-10-14(6-9-18(16)27-15-7-8-15)19(24)17(11-23)22-20(25)26-12-13-4-2-1-3-5-13/h1-6,9-10,15,17,19,23-24H,7-8,11-12H2,(H,22,25)/t17-,19-/m1/s1. The normalized spacial score (nSPS) is 15.7. The van der Waals surface area contributed by atoms with Gasteiger partial charge in [0, 0.05) is 0 Å². The number of benzene rings is 2. The van der Waals surface area contributed by atoms with E-state index in [4.69, 9.17) is 9.47 Å². The average Bonchev–Trinajstić information content (AvgIpc) is 3.50. The predicted molar refractivity (Wildman–Crippen MR) is 95.6 cm³/mol. The zero-order valence-electron chi connectivity index (χ0n) is 14.7. The summed E-state index contributed by atoms with van der Waals surface area (Å²) in [6.07, 6.45) is -0.215. The molecule has 3 N–H and O–H groups in total. The van der Waals surface area contributed by atoms with Crippen LogP contribution in [-0.2, 0) is 11.3 Å². The summed E-state index contributed by atoms with van der Waals surface area (Å²) in [6, 6.07) is 12.1. The first-order valence-corrected chi connectivity index (χ1v) is 8.79. The molecule has 2 aromatic carbocycles. The van der Waals surface area contributed by atoms with E-state index in [-0.39, 0.29) is 24.0 Å². The van der Waals surface area contributed by atoms with Crippen LogP contribution in [0.15, 0.2) is 48.5 Å². The molecule has 0 bridgehead atoms. The van der Waals surface area contributed by atoms with Crippen LogP contribution in [0.4, 0.5) is 9.18 Å². The lowest BCUT2D eigenvalue weighted by Gasteiger charge is -2.22. The van der Waals surface area contributed by atoms with E-state index in [2.05, 4.69) is 5.32 Å². The van der Waals surface area contributed by atoms with Crippen molar-refractivity contribution in [2.45, 2.75) is 37.7 Å². The van der Waals surface area contributed by atoms with Crippen LogP contribution in [0.25, 0.3) is 0 Å². The van der Waals surface area contributed by atoms with Gasteiger partial charge in [-0.15, -0.1) is 0 Å². The number of carbonyl (C=O) groups is 1. The minimum absolute atomic E-state index is 0.0570. The van der Waals surface area contributed by atoms with Crippen molar-refractivity contribution in [3.05, 3.63) is 65.5 Å². The van der Waals surface area contributed by atoms with Crippen LogP contribution in [0.2, 0.25) is 0 Å². The molecule has 1 aliphatic rings. The maximum absolute atomic E-state index is 14.1. The summed E-state index contributed by atoms with van der Waals surface area (Å²) in [6.45, 7) is -0.480. The molecular weight excluding hydrogens is 353 g/mol. The summed E-state index contributed by atoms with van der Waals surface area (Å²) in [4.78, 5) is 11.9. The average molecular weight is 375 g/mol. The Balaban J connectivity index is 1.57. The van der Waals surface area contributed by atoms with Gasteiger partial charge in [0.1, 0.15) is 12.7 Å². The third kappa shape index (κ3) is 5.42. The van der Waals surface area contributed by atoms with Crippen LogP contribution in [0, 0.1) is 5.82 Å². The number of carbonyl (C=O) groups excluding carboxylic acids is 1. The smallest absolute Gasteiger partial charge is 0.407 e. The topological polar surface area (TPSA) is 88.0 Å². The van der Waals surface area contributed by atoms with Crippen LogP contribution < -0.4 is 10.1 Å². The summed E-state index contributed by atoms with van der Waals surface area (Å²) in [5.41, 5.74) is 1.03. The molecule has 2 aromatic rings. The first-order chi connectivity index (χ1) is 13.1. The largest absolute Gasteiger partial charge is 0.487 e.